The normalized spacial score (nSPS) is 12.0. The summed E-state index contributed by atoms with van der Waals surface area (Å²) in [5.74, 6) is 0.962. The van der Waals surface area contributed by atoms with Crippen molar-refractivity contribution in [1.82, 2.24) is 29.1 Å². The van der Waals surface area contributed by atoms with Crippen molar-refractivity contribution in [1.29, 1.82) is 0 Å². The van der Waals surface area contributed by atoms with E-state index in [1.165, 1.54) is 18.5 Å². The Balaban J connectivity index is 1.47. The fourth-order valence-corrected chi connectivity index (χ4v) is 3.49. The fraction of sp³-hybridized carbons (Fsp3) is 0.143. The van der Waals surface area contributed by atoms with E-state index in [2.05, 4.69) is 25.3 Å². The number of hydrogen-bond acceptors (Lipinski definition) is 6. The maximum Gasteiger partial charge on any atom is 0.416 e. The largest absolute Gasteiger partial charge is 0.416 e. The van der Waals surface area contributed by atoms with Crippen LogP contribution in [-0.2, 0) is 19.8 Å². The van der Waals surface area contributed by atoms with Gasteiger partial charge in [0, 0.05) is 7.05 Å². The van der Waals surface area contributed by atoms with Crippen LogP contribution in [0.25, 0.3) is 22.2 Å². The van der Waals surface area contributed by atoms with Crippen LogP contribution in [0.5, 0.6) is 0 Å². The molecule has 32 heavy (non-hydrogen) atoms. The van der Waals surface area contributed by atoms with E-state index in [9.17, 15) is 13.2 Å². The molecule has 162 valence electrons. The topological polar surface area (TPSA) is 99.5 Å². The third-order valence-corrected chi connectivity index (χ3v) is 5.14. The maximum absolute atomic E-state index is 12.8. The molecule has 2 aromatic carbocycles. The average Bonchev–Trinajstić information content (AvgIpc) is 3.30. The van der Waals surface area contributed by atoms with Gasteiger partial charge in [-0.05, 0) is 29.8 Å². The molecule has 0 aliphatic heterocycles. The van der Waals surface area contributed by atoms with E-state index in [-0.39, 0.29) is 18.3 Å². The van der Waals surface area contributed by atoms with Gasteiger partial charge in [-0.2, -0.15) is 23.1 Å². The summed E-state index contributed by atoms with van der Waals surface area (Å²) in [6.07, 6.45) is -2.84. The van der Waals surface area contributed by atoms with Gasteiger partial charge in [0.2, 0.25) is 11.9 Å². The van der Waals surface area contributed by atoms with Gasteiger partial charge in [-0.3, -0.25) is 5.32 Å². The molecule has 3 aromatic heterocycles. The first-order valence-electron chi connectivity index (χ1n) is 9.62. The Morgan fingerprint density at radius 1 is 1.00 bits per heavy atom. The van der Waals surface area contributed by atoms with Crippen molar-refractivity contribution in [3.8, 4) is 0 Å². The Morgan fingerprint density at radius 3 is 2.47 bits per heavy atom. The third-order valence-electron chi connectivity index (χ3n) is 5.14. The second kappa shape index (κ2) is 7.22. The number of para-hydroxylation sites is 2. The minimum atomic E-state index is -4.38. The zero-order valence-electron chi connectivity index (χ0n) is 16.8. The van der Waals surface area contributed by atoms with Gasteiger partial charge in [0.05, 0.1) is 29.5 Å². The van der Waals surface area contributed by atoms with Gasteiger partial charge >= 0.3 is 6.18 Å². The Kier molecular flexibility index (Phi) is 4.47. The highest BCUT2D eigenvalue weighted by molar-refractivity contribution is 5.84. The molecule has 0 atom stereocenters. The number of halogens is 3. The molecule has 8 nitrogen and oxygen atoms in total. The van der Waals surface area contributed by atoms with E-state index < -0.39 is 11.7 Å². The number of imidazole rings is 2. The van der Waals surface area contributed by atoms with Crippen LogP contribution in [0.1, 0.15) is 11.1 Å². The SMILES string of the molecule is Cn1c(Nc2nc(N)c3ncn(Cc4ccc(C(F)(F)F)cc4)c3n2)nc2ccccc21. The van der Waals surface area contributed by atoms with E-state index in [4.69, 9.17) is 5.73 Å². The lowest BCUT2D eigenvalue weighted by Crippen LogP contribution is -2.07. The lowest BCUT2D eigenvalue weighted by Gasteiger charge is -2.09. The van der Waals surface area contributed by atoms with Crippen LogP contribution in [0, 0.1) is 0 Å². The number of aromatic nitrogens is 6. The molecule has 0 unspecified atom stereocenters. The van der Waals surface area contributed by atoms with E-state index in [0.29, 0.717) is 22.7 Å². The Morgan fingerprint density at radius 2 is 1.75 bits per heavy atom. The lowest BCUT2D eigenvalue weighted by atomic mass is 10.1. The summed E-state index contributed by atoms with van der Waals surface area (Å²) in [5.41, 5.74) is 8.67. The van der Waals surface area contributed by atoms with Crippen LogP contribution in [0.3, 0.4) is 0 Å². The number of anilines is 3. The van der Waals surface area contributed by atoms with Crippen molar-refractivity contribution in [3.63, 3.8) is 0 Å². The molecule has 0 aliphatic rings. The molecule has 5 rings (SSSR count). The van der Waals surface area contributed by atoms with Crippen molar-refractivity contribution < 1.29 is 13.2 Å². The van der Waals surface area contributed by atoms with Gasteiger partial charge in [0.1, 0.15) is 5.52 Å². The standard InChI is InChI=1S/C21H17F3N8/c1-31-15-5-3-2-4-14(15)27-20(31)30-19-28-17(25)16-18(29-19)32(11-26-16)10-12-6-8-13(9-7-12)21(22,23)24/h2-9,11H,10H2,1H3,(H3,25,27,28,29,30). The van der Waals surface area contributed by atoms with Crippen molar-refractivity contribution in [2.75, 3.05) is 11.1 Å². The minimum absolute atomic E-state index is 0.183. The summed E-state index contributed by atoms with van der Waals surface area (Å²) >= 11 is 0. The summed E-state index contributed by atoms with van der Waals surface area (Å²) in [6.45, 7) is 0.275. The zero-order valence-corrected chi connectivity index (χ0v) is 16.8. The van der Waals surface area contributed by atoms with Gasteiger partial charge in [0.15, 0.2) is 11.5 Å². The number of alkyl halides is 3. The summed E-state index contributed by atoms with van der Waals surface area (Å²) < 4.78 is 42.0. The summed E-state index contributed by atoms with van der Waals surface area (Å²) in [6, 6.07) is 12.6. The number of hydrogen-bond donors (Lipinski definition) is 2. The number of nitrogens with two attached hydrogens (primary N) is 1. The molecule has 0 spiro atoms. The number of benzene rings is 2. The van der Waals surface area contributed by atoms with Crippen LogP contribution < -0.4 is 11.1 Å². The first-order valence-corrected chi connectivity index (χ1v) is 9.62. The number of nitrogens with zero attached hydrogens (tertiary/aromatic N) is 6. The van der Waals surface area contributed by atoms with E-state index in [1.807, 2.05) is 35.9 Å². The van der Waals surface area contributed by atoms with E-state index >= 15 is 0 Å². The number of rotatable bonds is 4. The minimum Gasteiger partial charge on any atom is -0.382 e. The predicted octanol–water partition coefficient (Wildman–Crippen LogP) is 4.11. The number of nitrogen functional groups attached to an aromatic ring is 1. The summed E-state index contributed by atoms with van der Waals surface area (Å²) in [7, 11) is 1.87. The highest BCUT2D eigenvalue weighted by atomic mass is 19.4. The van der Waals surface area contributed by atoms with Crippen LogP contribution in [0.2, 0.25) is 0 Å². The summed E-state index contributed by atoms with van der Waals surface area (Å²) in [5, 5.41) is 3.08. The molecule has 0 fully saturated rings. The predicted molar refractivity (Wildman–Crippen MR) is 114 cm³/mol. The maximum atomic E-state index is 12.8. The number of fused-ring (bicyclic) bond motifs is 2. The monoisotopic (exact) mass is 438 g/mol. The van der Waals surface area contributed by atoms with Gasteiger partial charge < -0.3 is 14.9 Å². The molecule has 0 bridgehead atoms. The molecule has 3 heterocycles. The van der Waals surface area contributed by atoms with Crippen LogP contribution >= 0.6 is 0 Å². The second-order valence-corrected chi connectivity index (χ2v) is 7.28. The fourth-order valence-electron chi connectivity index (χ4n) is 3.49. The van der Waals surface area contributed by atoms with Gasteiger partial charge in [-0.25, -0.2) is 9.97 Å². The summed E-state index contributed by atoms with van der Waals surface area (Å²) in [4.78, 5) is 17.6. The number of aryl methyl sites for hydroxylation is 1. The van der Waals surface area contributed by atoms with Crippen molar-refractivity contribution >= 4 is 39.9 Å². The molecular formula is C21H17F3N8. The highest BCUT2D eigenvalue weighted by Gasteiger charge is 2.29. The molecule has 0 saturated heterocycles. The molecule has 0 aliphatic carbocycles. The van der Waals surface area contributed by atoms with Crippen LogP contribution in [-0.4, -0.2) is 29.1 Å². The van der Waals surface area contributed by atoms with E-state index in [1.54, 1.807) is 4.57 Å². The second-order valence-electron chi connectivity index (χ2n) is 7.28. The van der Waals surface area contributed by atoms with Crippen LogP contribution in [0.15, 0.2) is 54.9 Å². The average molecular weight is 438 g/mol. The Bertz CT molecular complexity index is 1430. The van der Waals surface area contributed by atoms with Gasteiger partial charge in [-0.15, -0.1) is 0 Å². The van der Waals surface area contributed by atoms with Gasteiger partial charge in [-0.1, -0.05) is 24.3 Å². The Labute approximate surface area is 179 Å². The van der Waals surface area contributed by atoms with Crippen molar-refractivity contribution in [3.05, 3.63) is 66.0 Å². The molecule has 3 N–H and O–H groups in total. The third kappa shape index (κ3) is 3.47. The number of nitrogens with one attached hydrogen (secondary N) is 1. The quantitative estimate of drug-likeness (QED) is 0.438. The molecule has 11 heteroatoms. The molecule has 0 saturated carbocycles. The first kappa shape index (κ1) is 19.8. The van der Waals surface area contributed by atoms with Gasteiger partial charge in [0.25, 0.3) is 0 Å². The molecule has 0 amide bonds. The molecule has 5 aromatic rings. The molecular weight excluding hydrogens is 421 g/mol. The Hall–Kier alpha value is -4.15. The van der Waals surface area contributed by atoms with Crippen molar-refractivity contribution in [2.45, 2.75) is 12.7 Å². The van der Waals surface area contributed by atoms with Crippen molar-refractivity contribution in [2.24, 2.45) is 7.05 Å². The highest BCUT2D eigenvalue weighted by Crippen LogP contribution is 2.29. The molecule has 0 radical (unpaired) electrons. The van der Waals surface area contributed by atoms with E-state index in [0.717, 1.165) is 23.2 Å². The zero-order chi connectivity index (χ0) is 22.5. The van der Waals surface area contributed by atoms with Crippen LogP contribution in [0.4, 0.5) is 30.9 Å². The lowest BCUT2D eigenvalue weighted by molar-refractivity contribution is -0.137. The first-order chi connectivity index (χ1) is 15.3. The smallest absolute Gasteiger partial charge is 0.382 e.